The van der Waals surface area contributed by atoms with Gasteiger partial charge in [0.2, 0.25) is 0 Å². The first-order valence-corrected chi connectivity index (χ1v) is 13.7. The predicted octanol–water partition coefficient (Wildman–Crippen LogP) is 7.26. The van der Waals surface area contributed by atoms with E-state index >= 15 is 0 Å². The number of amides is 2. The number of ether oxygens (including phenoxy) is 1. The van der Waals surface area contributed by atoms with E-state index in [0.717, 1.165) is 38.5 Å². The van der Waals surface area contributed by atoms with Crippen LogP contribution in [0.2, 0.25) is 0 Å². The number of carbonyl (C=O) groups is 2. The van der Waals surface area contributed by atoms with Gasteiger partial charge < -0.3 is 25.1 Å². The lowest BCUT2D eigenvalue weighted by atomic mass is 9.82. The van der Waals surface area contributed by atoms with Crippen LogP contribution in [0.4, 0.5) is 20.9 Å². The Labute approximate surface area is 235 Å². The minimum atomic E-state index is -0.566. The van der Waals surface area contributed by atoms with E-state index < -0.39 is 17.3 Å². The standard InChI is InChI=1S/C30H40FN5O4/c1-6-10-24(31)25(7-2)34-28-36-35-27(39-28)26(37)33-23-17-15-22(16-18-23)21-13-8-11-20(12-9-14-21)19-32-29(38)40-30(3,4)5/h6-7,10,15-18,20-21H,2,8-9,11-14,19H2,1,3-5H3,(H,32,38)(H,33,37)(H,34,36)/b10-6-,25-24-. The Bertz CT molecular complexity index is 1200. The van der Waals surface area contributed by atoms with Crippen LogP contribution in [0.25, 0.3) is 0 Å². The smallest absolute Gasteiger partial charge is 0.407 e. The Hall–Kier alpha value is -3.95. The Morgan fingerprint density at radius 1 is 1.10 bits per heavy atom. The van der Waals surface area contributed by atoms with Gasteiger partial charge in [-0.25, -0.2) is 9.18 Å². The van der Waals surface area contributed by atoms with Crippen molar-refractivity contribution in [3.63, 3.8) is 0 Å². The number of nitrogens with one attached hydrogen (secondary N) is 3. The van der Waals surface area contributed by atoms with E-state index in [-0.39, 0.29) is 23.7 Å². The average molecular weight is 554 g/mol. The molecule has 2 amide bonds. The first-order chi connectivity index (χ1) is 19.1. The van der Waals surface area contributed by atoms with Crippen LogP contribution in [-0.4, -0.2) is 34.3 Å². The molecule has 2 aromatic rings. The molecule has 3 N–H and O–H groups in total. The largest absolute Gasteiger partial charge is 0.444 e. The molecule has 1 heterocycles. The fourth-order valence-corrected chi connectivity index (χ4v) is 4.62. The van der Waals surface area contributed by atoms with Crippen molar-refractivity contribution < 1.29 is 23.1 Å². The van der Waals surface area contributed by atoms with Crippen molar-refractivity contribution in [2.24, 2.45) is 5.92 Å². The van der Waals surface area contributed by atoms with E-state index in [2.05, 4.69) is 32.7 Å². The summed E-state index contributed by atoms with van der Waals surface area (Å²) in [5.74, 6) is -0.469. The van der Waals surface area contributed by atoms with Gasteiger partial charge in [0, 0.05) is 12.2 Å². The van der Waals surface area contributed by atoms with Crippen LogP contribution in [0.15, 0.2) is 65.0 Å². The third-order valence-electron chi connectivity index (χ3n) is 6.54. The molecule has 1 saturated carbocycles. The van der Waals surface area contributed by atoms with E-state index in [1.165, 1.54) is 17.7 Å². The van der Waals surface area contributed by atoms with Crippen LogP contribution in [0, 0.1) is 5.92 Å². The number of benzene rings is 1. The van der Waals surface area contributed by atoms with Crippen LogP contribution < -0.4 is 16.0 Å². The van der Waals surface area contributed by atoms with Crippen molar-refractivity contribution >= 4 is 23.7 Å². The molecule has 1 fully saturated rings. The zero-order valence-corrected chi connectivity index (χ0v) is 23.8. The maximum atomic E-state index is 14.0. The molecule has 216 valence electrons. The summed E-state index contributed by atoms with van der Waals surface area (Å²) >= 11 is 0. The molecular formula is C30H40FN5O4. The zero-order valence-electron chi connectivity index (χ0n) is 23.8. The minimum Gasteiger partial charge on any atom is -0.444 e. The highest BCUT2D eigenvalue weighted by Crippen LogP contribution is 2.33. The summed E-state index contributed by atoms with van der Waals surface area (Å²) in [7, 11) is 0. The second kappa shape index (κ2) is 14.4. The molecule has 0 radical (unpaired) electrons. The summed E-state index contributed by atoms with van der Waals surface area (Å²) in [6.45, 7) is 11.5. The zero-order chi connectivity index (χ0) is 29.1. The number of anilines is 2. The van der Waals surface area contributed by atoms with Crippen LogP contribution in [0.3, 0.4) is 0 Å². The molecule has 1 aliphatic carbocycles. The molecular weight excluding hydrogens is 513 g/mol. The number of hydrogen-bond acceptors (Lipinski definition) is 7. The number of nitrogens with zero attached hydrogens (tertiary/aromatic N) is 2. The minimum absolute atomic E-state index is 0.0477. The first kappa shape index (κ1) is 30.6. The normalized spacial score (nSPS) is 18.7. The summed E-state index contributed by atoms with van der Waals surface area (Å²) in [5, 5.41) is 15.8. The average Bonchev–Trinajstić information content (AvgIpc) is 3.35. The van der Waals surface area contributed by atoms with Gasteiger partial charge in [0.05, 0.1) is 5.70 Å². The van der Waals surface area contributed by atoms with Crippen molar-refractivity contribution in [2.45, 2.75) is 77.7 Å². The van der Waals surface area contributed by atoms with E-state index in [1.54, 1.807) is 13.0 Å². The van der Waals surface area contributed by atoms with Crippen LogP contribution >= 0.6 is 0 Å². The van der Waals surface area contributed by atoms with Crippen LogP contribution in [-0.2, 0) is 4.74 Å². The summed E-state index contributed by atoms with van der Waals surface area (Å²) in [4.78, 5) is 24.6. The molecule has 9 nitrogen and oxygen atoms in total. The first-order valence-electron chi connectivity index (χ1n) is 13.7. The van der Waals surface area contributed by atoms with E-state index in [9.17, 15) is 14.0 Å². The lowest BCUT2D eigenvalue weighted by Gasteiger charge is -2.26. The fraction of sp³-hybridized carbons (Fsp3) is 0.467. The Kier molecular flexibility index (Phi) is 11.0. The van der Waals surface area contributed by atoms with Gasteiger partial charge in [0.15, 0.2) is 0 Å². The lowest BCUT2D eigenvalue weighted by Crippen LogP contribution is -2.35. The molecule has 1 aliphatic rings. The quantitative estimate of drug-likeness (QED) is 0.280. The highest BCUT2D eigenvalue weighted by molar-refractivity contribution is 6.00. The van der Waals surface area contributed by atoms with Crippen LogP contribution in [0.5, 0.6) is 0 Å². The molecule has 0 unspecified atom stereocenters. The fourth-order valence-electron chi connectivity index (χ4n) is 4.62. The van der Waals surface area contributed by atoms with Crippen molar-refractivity contribution in [2.75, 3.05) is 17.2 Å². The Morgan fingerprint density at radius 2 is 1.77 bits per heavy atom. The molecule has 1 aromatic carbocycles. The lowest BCUT2D eigenvalue weighted by molar-refractivity contribution is 0.0516. The number of allylic oxidation sites excluding steroid dienone is 4. The number of alkyl carbamates (subject to hydrolysis) is 1. The maximum Gasteiger partial charge on any atom is 0.407 e. The number of aromatic nitrogens is 2. The topological polar surface area (TPSA) is 118 Å². The van der Waals surface area contributed by atoms with Gasteiger partial charge >= 0.3 is 23.9 Å². The molecule has 0 bridgehead atoms. The molecule has 10 heteroatoms. The summed E-state index contributed by atoms with van der Waals surface area (Å²) in [6, 6.07) is 7.67. The van der Waals surface area contributed by atoms with Crippen molar-refractivity contribution in [1.82, 2.24) is 15.5 Å². The van der Waals surface area contributed by atoms with Gasteiger partial charge in [-0.3, -0.25) is 4.79 Å². The summed E-state index contributed by atoms with van der Waals surface area (Å²) in [5.41, 5.74) is 1.39. The van der Waals surface area contributed by atoms with Crippen LogP contribution in [0.1, 0.15) is 88.4 Å². The van der Waals surface area contributed by atoms with Gasteiger partial charge in [0.1, 0.15) is 11.4 Å². The number of rotatable bonds is 9. The molecule has 0 saturated heterocycles. The van der Waals surface area contributed by atoms with Crippen molar-refractivity contribution in [3.8, 4) is 0 Å². The van der Waals surface area contributed by atoms with Crippen molar-refractivity contribution in [3.05, 3.63) is 72.1 Å². The third-order valence-corrected chi connectivity index (χ3v) is 6.54. The van der Waals surface area contributed by atoms with E-state index in [0.29, 0.717) is 24.1 Å². The van der Waals surface area contributed by atoms with E-state index in [4.69, 9.17) is 9.15 Å². The van der Waals surface area contributed by atoms with Gasteiger partial charge in [-0.1, -0.05) is 42.7 Å². The second-order valence-electron chi connectivity index (χ2n) is 10.9. The van der Waals surface area contributed by atoms with Gasteiger partial charge in [-0.2, -0.15) is 0 Å². The maximum absolute atomic E-state index is 14.0. The summed E-state index contributed by atoms with van der Waals surface area (Å²) < 4.78 is 24.7. The Balaban J connectivity index is 1.49. The second-order valence-corrected chi connectivity index (χ2v) is 10.9. The number of hydrogen-bond donors (Lipinski definition) is 3. The molecule has 40 heavy (non-hydrogen) atoms. The van der Waals surface area contributed by atoms with Crippen molar-refractivity contribution in [1.29, 1.82) is 0 Å². The monoisotopic (exact) mass is 553 g/mol. The molecule has 0 aliphatic heterocycles. The highest BCUT2D eigenvalue weighted by Gasteiger charge is 2.21. The third kappa shape index (κ3) is 9.66. The SMILES string of the molecule is C=C/C(Nc1nnc(C(=O)Nc2ccc(C3CCCC(CNC(=O)OC(C)(C)C)CCC3)cc2)o1)=C(F)\C=C/C. The number of halogens is 1. The van der Waals surface area contributed by atoms with Gasteiger partial charge in [-0.15, -0.1) is 5.10 Å². The number of carbonyl (C=O) groups excluding carboxylic acids is 2. The molecule has 1 aromatic heterocycles. The predicted molar refractivity (Wildman–Crippen MR) is 154 cm³/mol. The van der Waals surface area contributed by atoms with Gasteiger partial charge in [0.25, 0.3) is 0 Å². The van der Waals surface area contributed by atoms with E-state index in [1.807, 2.05) is 45.0 Å². The van der Waals surface area contributed by atoms with Gasteiger partial charge in [-0.05, 0) is 95.1 Å². The molecule has 0 spiro atoms. The molecule has 0 atom stereocenters. The summed E-state index contributed by atoms with van der Waals surface area (Å²) in [6.07, 6.45) is 10.2. The molecule has 3 rings (SSSR count). The Morgan fingerprint density at radius 3 is 2.38 bits per heavy atom. The highest BCUT2D eigenvalue weighted by atomic mass is 19.1.